The number of fused-ring (bicyclic) bond motifs is 1. The number of ketones is 1. The van der Waals surface area contributed by atoms with Gasteiger partial charge >= 0.3 is 0 Å². The third kappa shape index (κ3) is 3.24. The average Bonchev–Trinajstić information content (AvgIpc) is 2.75. The van der Waals surface area contributed by atoms with Gasteiger partial charge in [0.25, 0.3) is 0 Å². The van der Waals surface area contributed by atoms with E-state index in [-0.39, 0.29) is 23.0 Å². The number of rotatable bonds is 3. The number of carbonyl (C=O) groups excluding carboxylic acids is 1. The van der Waals surface area contributed by atoms with Crippen molar-refractivity contribution in [3.63, 3.8) is 0 Å². The van der Waals surface area contributed by atoms with Gasteiger partial charge in [-0.25, -0.2) is 0 Å². The molecule has 126 valence electrons. The Morgan fingerprint density at radius 3 is 2.23 bits per heavy atom. The van der Waals surface area contributed by atoms with Crippen LogP contribution in [0.3, 0.4) is 0 Å². The zero-order valence-electron chi connectivity index (χ0n) is 15.4. The molecule has 4 nitrogen and oxygen atoms in total. The SMILES string of the molecule is CC(C)(C)[Si](C)(C)O[C@H]1CC[C@@H]2C([Si](C)(C)C)=NN[C@H]2C1=O. The Kier molecular flexibility index (Phi) is 4.52. The minimum absolute atomic E-state index is 0.132. The van der Waals surface area contributed by atoms with Gasteiger partial charge in [-0.2, -0.15) is 5.10 Å². The minimum atomic E-state index is -1.91. The molecule has 22 heavy (non-hydrogen) atoms. The van der Waals surface area contributed by atoms with Crippen molar-refractivity contribution in [2.24, 2.45) is 11.0 Å². The molecule has 0 saturated heterocycles. The van der Waals surface area contributed by atoms with Crippen LogP contribution in [0.4, 0.5) is 0 Å². The van der Waals surface area contributed by atoms with E-state index in [0.717, 1.165) is 12.8 Å². The first-order chi connectivity index (χ1) is 9.84. The molecule has 1 heterocycles. The largest absolute Gasteiger partial charge is 0.407 e. The van der Waals surface area contributed by atoms with Gasteiger partial charge in [0.05, 0.1) is 8.07 Å². The molecular weight excluding hydrogens is 308 g/mol. The van der Waals surface area contributed by atoms with Crippen LogP contribution < -0.4 is 5.43 Å². The van der Waals surface area contributed by atoms with Crippen molar-refractivity contribution in [3.05, 3.63) is 0 Å². The highest BCUT2D eigenvalue weighted by Crippen LogP contribution is 2.40. The number of carbonyl (C=O) groups is 1. The lowest BCUT2D eigenvalue weighted by atomic mass is 9.83. The Balaban J connectivity index is 2.10. The quantitative estimate of drug-likeness (QED) is 0.799. The van der Waals surface area contributed by atoms with Gasteiger partial charge in [0, 0.05) is 11.3 Å². The molecule has 1 N–H and O–H groups in total. The molecule has 0 spiro atoms. The Hall–Kier alpha value is -0.466. The molecule has 6 heteroatoms. The lowest BCUT2D eigenvalue weighted by molar-refractivity contribution is -0.131. The minimum Gasteiger partial charge on any atom is -0.407 e. The van der Waals surface area contributed by atoms with Gasteiger partial charge in [-0.3, -0.25) is 10.2 Å². The molecule has 0 aromatic carbocycles. The van der Waals surface area contributed by atoms with Gasteiger partial charge < -0.3 is 4.43 Å². The zero-order chi connectivity index (χ0) is 16.9. The predicted molar refractivity (Wildman–Crippen MR) is 97.5 cm³/mol. The number of hydrazone groups is 1. The highest BCUT2D eigenvalue weighted by atomic mass is 28.4. The van der Waals surface area contributed by atoms with Crippen LogP contribution in [0.1, 0.15) is 33.6 Å². The second-order valence-electron chi connectivity index (χ2n) is 9.31. The number of hydrogen-bond donors (Lipinski definition) is 1. The molecule has 0 aromatic heterocycles. The van der Waals surface area contributed by atoms with E-state index in [0.29, 0.717) is 5.92 Å². The Morgan fingerprint density at radius 1 is 1.14 bits per heavy atom. The molecule has 3 atom stereocenters. The first kappa shape index (κ1) is 17.9. The van der Waals surface area contributed by atoms with Crippen LogP contribution in [-0.4, -0.2) is 39.7 Å². The summed E-state index contributed by atoms with van der Waals surface area (Å²) in [5, 5.41) is 5.95. The van der Waals surface area contributed by atoms with Crippen molar-refractivity contribution in [2.45, 2.75) is 83.5 Å². The molecule has 0 radical (unpaired) electrons. The van der Waals surface area contributed by atoms with Crippen LogP contribution in [0.15, 0.2) is 5.10 Å². The van der Waals surface area contributed by atoms with E-state index in [1.54, 1.807) is 0 Å². The van der Waals surface area contributed by atoms with Crippen LogP contribution in [-0.2, 0) is 9.22 Å². The summed E-state index contributed by atoms with van der Waals surface area (Å²) in [6.07, 6.45) is 1.62. The standard InChI is InChI=1S/C16H32N2O2Si2/c1-16(2,3)22(7,8)20-12-10-9-11-13(14(12)19)17-18-15(11)21(4,5)6/h11-13,17H,9-10H2,1-8H3/t11-,12-,13+/m0/s1. The predicted octanol–water partition coefficient (Wildman–Crippen LogP) is 3.56. The van der Waals surface area contributed by atoms with E-state index in [2.05, 4.69) is 64.0 Å². The van der Waals surface area contributed by atoms with Crippen molar-refractivity contribution < 1.29 is 9.22 Å². The number of nitrogens with one attached hydrogen (secondary N) is 1. The van der Waals surface area contributed by atoms with Gasteiger partial charge in [-0.05, 0) is 31.0 Å². The fourth-order valence-corrected chi connectivity index (χ4v) is 6.20. The number of nitrogens with zero attached hydrogens (tertiary/aromatic N) is 1. The van der Waals surface area contributed by atoms with Crippen LogP contribution in [0.2, 0.25) is 37.8 Å². The monoisotopic (exact) mass is 340 g/mol. The summed E-state index contributed by atoms with van der Waals surface area (Å²) in [7, 11) is -3.37. The van der Waals surface area contributed by atoms with E-state index < -0.39 is 16.4 Å². The summed E-state index contributed by atoms with van der Waals surface area (Å²) < 4.78 is 6.39. The normalized spacial score (nSPS) is 29.9. The fourth-order valence-electron chi connectivity index (χ4n) is 3.08. The summed E-state index contributed by atoms with van der Waals surface area (Å²) in [6, 6.07) is -0.148. The molecular formula is C16H32N2O2Si2. The lowest BCUT2D eigenvalue weighted by Crippen LogP contribution is -2.55. The van der Waals surface area contributed by atoms with E-state index in [1.807, 2.05) is 0 Å². The maximum Gasteiger partial charge on any atom is 0.193 e. The van der Waals surface area contributed by atoms with Gasteiger partial charge in [0.2, 0.25) is 0 Å². The lowest BCUT2D eigenvalue weighted by Gasteiger charge is -2.41. The van der Waals surface area contributed by atoms with Crippen molar-refractivity contribution in [2.75, 3.05) is 0 Å². The molecule has 0 unspecified atom stereocenters. The molecule has 2 aliphatic rings. The van der Waals surface area contributed by atoms with Gasteiger partial charge in [-0.15, -0.1) is 0 Å². The van der Waals surface area contributed by atoms with Gasteiger partial charge in [-0.1, -0.05) is 40.4 Å². The van der Waals surface area contributed by atoms with Crippen molar-refractivity contribution >= 4 is 27.5 Å². The van der Waals surface area contributed by atoms with E-state index in [4.69, 9.17) is 4.43 Å². The molecule has 0 aromatic rings. The molecule has 0 bridgehead atoms. The fraction of sp³-hybridized carbons (Fsp3) is 0.875. The van der Waals surface area contributed by atoms with Crippen molar-refractivity contribution in [1.82, 2.24) is 5.43 Å². The highest BCUT2D eigenvalue weighted by Gasteiger charge is 2.49. The molecule has 1 aliphatic carbocycles. The van der Waals surface area contributed by atoms with Gasteiger partial charge in [0.1, 0.15) is 12.1 Å². The third-order valence-electron chi connectivity index (χ3n) is 5.45. The highest BCUT2D eigenvalue weighted by molar-refractivity contribution is 7.04. The molecule has 1 aliphatic heterocycles. The first-order valence-electron chi connectivity index (χ1n) is 8.40. The third-order valence-corrected chi connectivity index (χ3v) is 12.0. The Morgan fingerprint density at radius 2 is 1.73 bits per heavy atom. The van der Waals surface area contributed by atoms with E-state index in [9.17, 15) is 4.79 Å². The molecule has 0 amide bonds. The summed E-state index contributed by atoms with van der Waals surface area (Å²) >= 11 is 0. The average molecular weight is 341 g/mol. The summed E-state index contributed by atoms with van der Waals surface area (Å²) in [6.45, 7) is 18.0. The summed E-state index contributed by atoms with van der Waals surface area (Å²) in [5.41, 5.74) is 3.13. The van der Waals surface area contributed by atoms with E-state index >= 15 is 0 Å². The van der Waals surface area contributed by atoms with Crippen molar-refractivity contribution in [1.29, 1.82) is 0 Å². The van der Waals surface area contributed by atoms with Crippen LogP contribution in [0.25, 0.3) is 0 Å². The second kappa shape index (κ2) is 5.56. The topological polar surface area (TPSA) is 50.7 Å². The number of Topliss-reactive ketones (excluding diaryl/α,β-unsaturated/α-hetero) is 1. The summed E-state index contributed by atoms with van der Waals surface area (Å²) in [4.78, 5) is 12.9. The van der Waals surface area contributed by atoms with Gasteiger partial charge in [0.15, 0.2) is 14.1 Å². The van der Waals surface area contributed by atoms with E-state index in [1.165, 1.54) is 5.33 Å². The maximum atomic E-state index is 12.9. The second-order valence-corrected chi connectivity index (χ2v) is 19.1. The smallest absolute Gasteiger partial charge is 0.193 e. The van der Waals surface area contributed by atoms with Crippen molar-refractivity contribution in [3.8, 4) is 0 Å². The number of hydrogen-bond acceptors (Lipinski definition) is 4. The zero-order valence-corrected chi connectivity index (χ0v) is 17.4. The maximum absolute atomic E-state index is 12.9. The van der Waals surface area contributed by atoms with Crippen LogP contribution in [0, 0.1) is 5.92 Å². The molecule has 2 rings (SSSR count). The van der Waals surface area contributed by atoms with Crippen LogP contribution >= 0.6 is 0 Å². The first-order valence-corrected chi connectivity index (χ1v) is 14.8. The summed E-state index contributed by atoms with van der Waals surface area (Å²) in [5.74, 6) is 0.525. The molecule has 1 fully saturated rings. The van der Waals surface area contributed by atoms with Crippen LogP contribution in [0.5, 0.6) is 0 Å². The molecule has 1 saturated carbocycles. The Labute approximate surface area is 137 Å². The Bertz CT molecular complexity index is 489.